The van der Waals surface area contributed by atoms with Crippen LogP contribution < -0.4 is 5.01 Å². The predicted molar refractivity (Wildman–Crippen MR) is 85.5 cm³/mol. The van der Waals surface area contributed by atoms with Gasteiger partial charge in [-0.1, -0.05) is 17.7 Å². The molecule has 0 saturated carbocycles. The Bertz CT molecular complexity index is 760. The molecule has 0 saturated heterocycles. The maximum absolute atomic E-state index is 12.7. The lowest BCUT2D eigenvalue weighted by atomic mass is 10.1. The highest BCUT2D eigenvalue weighted by molar-refractivity contribution is 6.03. The summed E-state index contributed by atoms with van der Waals surface area (Å²) in [6, 6.07) is 8.51. The molecule has 0 bridgehead atoms. The van der Waals surface area contributed by atoms with Gasteiger partial charge in [-0.15, -0.1) is 0 Å². The summed E-state index contributed by atoms with van der Waals surface area (Å²) in [4.78, 5) is 35.0. The smallest absolute Gasteiger partial charge is 0.325 e. The fourth-order valence-corrected chi connectivity index (χ4v) is 2.47. The summed E-state index contributed by atoms with van der Waals surface area (Å²) < 4.78 is 1.47. The molecule has 0 fully saturated rings. The van der Waals surface area contributed by atoms with Crippen LogP contribution in [-0.2, 0) is 4.79 Å². The van der Waals surface area contributed by atoms with Gasteiger partial charge in [-0.05, 0) is 39.0 Å². The van der Waals surface area contributed by atoms with Gasteiger partial charge in [-0.25, -0.2) is 5.01 Å². The van der Waals surface area contributed by atoms with E-state index in [0.29, 0.717) is 28.8 Å². The van der Waals surface area contributed by atoms with Crippen molar-refractivity contribution in [3.8, 4) is 0 Å². The SMILES string of the molecule is Cc1ccc(C(=O)N(CC(=O)O)n2c(C)cc(C=O)c2C)cc1. The molecule has 1 aromatic heterocycles. The summed E-state index contributed by atoms with van der Waals surface area (Å²) in [6.07, 6.45) is 0.689. The molecule has 6 heteroatoms. The first-order chi connectivity index (χ1) is 10.8. The highest BCUT2D eigenvalue weighted by atomic mass is 16.4. The van der Waals surface area contributed by atoms with Crippen molar-refractivity contribution in [2.24, 2.45) is 0 Å². The maximum Gasteiger partial charge on any atom is 0.325 e. The quantitative estimate of drug-likeness (QED) is 0.857. The van der Waals surface area contributed by atoms with Gasteiger partial charge in [0.05, 0.1) is 0 Å². The van der Waals surface area contributed by atoms with Crippen LogP contribution in [0.1, 0.15) is 37.7 Å². The van der Waals surface area contributed by atoms with Crippen molar-refractivity contribution in [3.63, 3.8) is 0 Å². The molecule has 1 heterocycles. The minimum absolute atomic E-state index is 0.386. The van der Waals surface area contributed by atoms with Crippen LogP contribution in [0.4, 0.5) is 0 Å². The first-order valence-corrected chi connectivity index (χ1v) is 7.10. The number of aliphatic carboxylic acids is 1. The molecule has 2 rings (SSSR count). The standard InChI is InChI=1S/C17H18N2O4/c1-11-4-6-14(7-5-11)17(23)18(9-16(21)22)19-12(2)8-15(10-20)13(19)3/h4-8,10H,9H2,1-3H3,(H,21,22). The highest BCUT2D eigenvalue weighted by Gasteiger charge is 2.24. The van der Waals surface area contributed by atoms with E-state index in [1.54, 1.807) is 44.2 Å². The summed E-state index contributed by atoms with van der Waals surface area (Å²) in [5.41, 5.74) is 2.96. The Labute approximate surface area is 133 Å². The maximum atomic E-state index is 12.7. The van der Waals surface area contributed by atoms with Gasteiger partial charge in [0.25, 0.3) is 5.91 Å². The van der Waals surface area contributed by atoms with E-state index >= 15 is 0 Å². The largest absolute Gasteiger partial charge is 0.480 e. The Morgan fingerprint density at radius 3 is 2.26 bits per heavy atom. The molecule has 23 heavy (non-hydrogen) atoms. The Balaban J connectivity index is 2.51. The van der Waals surface area contributed by atoms with Gasteiger partial charge in [0.1, 0.15) is 6.54 Å². The lowest BCUT2D eigenvalue weighted by Gasteiger charge is -2.25. The molecule has 1 amide bonds. The van der Waals surface area contributed by atoms with Crippen LogP contribution in [0.2, 0.25) is 0 Å². The highest BCUT2D eigenvalue weighted by Crippen LogP contribution is 2.16. The first kappa shape index (κ1) is 16.5. The van der Waals surface area contributed by atoms with Gasteiger partial charge in [-0.2, -0.15) is 0 Å². The molecule has 0 unspecified atom stereocenters. The van der Waals surface area contributed by atoms with Crippen molar-refractivity contribution in [2.75, 3.05) is 11.6 Å². The van der Waals surface area contributed by atoms with E-state index in [4.69, 9.17) is 5.11 Å². The average molecular weight is 314 g/mol. The van der Waals surface area contributed by atoms with E-state index < -0.39 is 18.4 Å². The third-order valence-corrected chi connectivity index (χ3v) is 3.62. The number of hydrogen-bond acceptors (Lipinski definition) is 3. The number of nitrogens with zero attached hydrogens (tertiary/aromatic N) is 2. The zero-order chi connectivity index (χ0) is 17.1. The average Bonchev–Trinajstić information content (AvgIpc) is 2.79. The van der Waals surface area contributed by atoms with Gasteiger partial charge in [0.15, 0.2) is 6.29 Å². The third kappa shape index (κ3) is 3.31. The van der Waals surface area contributed by atoms with Crippen molar-refractivity contribution in [3.05, 3.63) is 58.4 Å². The molecule has 0 radical (unpaired) electrons. The number of amides is 1. The van der Waals surface area contributed by atoms with Gasteiger partial charge in [-0.3, -0.25) is 19.1 Å². The van der Waals surface area contributed by atoms with Gasteiger partial charge in [0, 0.05) is 22.5 Å². The van der Waals surface area contributed by atoms with Crippen LogP contribution in [-0.4, -0.2) is 34.5 Å². The number of carbonyl (C=O) groups excluding carboxylic acids is 2. The number of aldehydes is 1. The normalized spacial score (nSPS) is 10.4. The fourth-order valence-electron chi connectivity index (χ4n) is 2.47. The predicted octanol–water partition coefficient (Wildman–Crippen LogP) is 2.09. The molecule has 0 aliphatic heterocycles. The monoisotopic (exact) mass is 314 g/mol. The van der Waals surface area contributed by atoms with E-state index in [1.165, 1.54) is 4.68 Å². The van der Waals surface area contributed by atoms with E-state index in [1.807, 2.05) is 6.92 Å². The fraction of sp³-hybridized carbons (Fsp3) is 0.235. The van der Waals surface area contributed by atoms with Gasteiger partial charge >= 0.3 is 5.97 Å². The number of carbonyl (C=O) groups is 3. The lowest BCUT2D eigenvalue weighted by molar-refractivity contribution is -0.135. The molecule has 6 nitrogen and oxygen atoms in total. The molecular weight excluding hydrogens is 296 g/mol. The summed E-state index contributed by atoms with van der Waals surface area (Å²) in [5.74, 6) is -1.57. The van der Waals surface area contributed by atoms with Crippen LogP contribution in [0, 0.1) is 20.8 Å². The second-order valence-electron chi connectivity index (χ2n) is 5.38. The zero-order valence-corrected chi connectivity index (χ0v) is 13.2. The van der Waals surface area contributed by atoms with Crippen molar-refractivity contribution < 1.29 is 19.5 Å². The minimum Gasteiger partial charge on any atom is -0.480 e. The molecule has 1 N–H and O–H groups in total. The number of hydrogen-bond donors (Lipinski definition) is 1. The molecular formula is C17H18N2O4. The molecule has 120 valence electrons. The Morgan fingerprint density at radius 2 is 1.78 bits per heavy atom. The van der Waals surface area contributed by atoms with Crippen LogP contribution in [0.5, 0.6) is 0 Å². The van der Waals surface area contributed by atoms with E-state index in [2.05, 4.69) is 0 Å². The summed E-state index contributed by atoms with van der Waals surface area (Å²) in [6.45, 7) is 4.80. The van der Waals surface area contributed by atoms with E-state index in [-0.39, 0.29) is 0 Å². The molecule has 0 spiro atoms. The van der Waals surface area contributed by atoms with Crippen molar-refractivity contribution in [1.82, 2.24) is 4.68 Å². The number of aromatic nitrogens is 1. The van der Waals surface area contributed by atoms with E-state index in [0.717, 1.165) is 10.6 Å². The number of aryl methyl sites for hydroxylation is 2. The van der Waals surface area contributed by atoms with Gasteiger partial charge < -0.3 is 5.11 Å². The number of benzene rings is 1. The summed E-state index contributed by atoms with van der Waals surface area (Å²) in [7, 11) is 0. The molecule has 0 aliphatic carbocycles. The number of carboxylic acid groups (broad SMARTS) is 1. The molecule has 2 aromatic rings. The second kappa shape index (κ2) is 6.48. The third-order valence-electron chi connectivity index (χ3n) is 3.62. The van der Waals surface area contributed by atoms with Crippen molar-refractivity contribution >= 4 is 18.2 Å². The second-order valence-corrected chi connectivity index (χ2v) is 5.38. The number of carboxylic acids is 1. The van der Waals surface area contributed by atoms with Crippen LogP contribution >= 0.6 is 0 Å². The minimum atomic E-state index is -1.13. The molecule has 1 aromatic carbocycles. The molecule has 0 atom stereocenters. The summed E-state index contributed by atoms with van der Waals surface area (Å²) >= 11 is 0. The summed E-state index contributed by atoms with van der Waals surface area (Å²) in [5, 5.41) is 10.3. The van der Waals surface area contributed by atoms with Crippen molar-refractivity contribution in [1.29, 1.82) is 0 Å². The molecule has 0 aliphatic rings. The van der Waals surface area contributed by atoms with Crippen LogP contribution in [0.3, 0.4) is 0 Å². The van der Waals surface area contributed by atoms with Crippen LogP contribution in [0.25, 0.3) is 0 Å². The van der Waals surface area contributed by atoms with Crippen molar-refractivity contribution in [2.45, 2.75) is 20.8 Å². The lowest BCUT2D eigenvalue weighted by Crippen LogP contribution is -2.45. The zero-order valence-electron chi connectivity index (χ0n) is 13.2. The van der Waals surface area contributed by atoms with E-state index in [9.17, 15) is 14.4 Å². The Morgan fingerprint density at radius 1 is 1.17 bits per heavy atom. The van der Waals surface area contributed by atoms with Crippen LogP contribution in [0.15, 0.2) is 30.3 Å². The number of rotatable bonds is 5. The Hall–Kier alpha value is -2.89. The topological polar surface area (TPSA) is 79.6 Å². The Kier molecular flexibility index (Phi) is 4.64. The van der Waals surface area contributed by atoms with Gasteiger partial charge in [0.2, 0.25) is 0 Å². The first-order valence-electron chi connectivity index (χ1n) is 7.10.